The standard InChI is InChI=1S/C14H25N3/c1-5-6-7-8-9-10-17-13(3)14(11-15-4)12(2)16-17/h5,15H,1,6-11H2,2-4H3. The lowest BCUT2D eigenvalue weighted by Crippen LogP contribution is -2.08. The summed E-state index contributed by atoms with van der Waals surface area (Å²) in [6.07, 6.45) is 6.82. The lowest BCUT2D eigenvalue weighted by atomic mass is 10.2. The molecule has 3 nitrogen and oxygen atoms in total. The molecular formula is C14H25N3. The van der Waals surface area contributed by atoms with E-state index in [1.54, 1.807) is 0 Å². The summed E-state index contributed by atoms with van der Waals surface area (Å²) in [6.45, 7) is 9.94. The summed E-state index contributed by atoms with van der Waals surface area (Å²) in [6, 6.07) is 0. The number of hydrogen-bond acceptors (Lipinski definition) is 2. The molecule has 0 fully saturated rings. The van der Waals surface area contributed by atoms with Gasteiger partial charge in [0, 0.05) is 24.3 Å². The molecule has 0 atom stereocenters. The van der Waals surface area contributed by atoms with Crippen molar-refractivity contribution in [2.45, 2.75) is 52.6 Å². The van der Waals surface area contributed by atoms with Crippen LogP contribution in [0.15, 0.2) is 12.7 Å². The minimum Gasteiger partial charge on any atom is -0.316 e. The molecule has 1 heterocycles. The van der Waals surface area contributed by atoms with Crippen molar-refractivity contribution in [1.82, 2.24) is 15.1 Å². The summed E-state index contributed by atoms with van der Waals surface area (Å²) in [4.78, 5) is 0. The van der Waals surface area contributed by atoms with Crippen molar-refractivity contribution >= 4 is 0 Å². The van der Waals surface area contributed by atoms with Crippen LogP contribution >= 0.6 is 0 Å². The van der Waals surface area contributed by atoms with Crippen LogP contribution in [0, 0.1) is 13.8 Å². The van der Waals surface area contributed by atoms with Crippen LogP contribution in [0.1, 0.15) is 42.6 Å². The van der Waals surface area contributed by atoms with E-state index in [9.17, 15) is 0 Å². The lowest BCUT2D eigenvalue weighted by Gasteiger charge is -2.05. The SMILES string of the molecule is C=CCCCCCn1nc(C)c(CNC)c1C. The van der Waals surface area contributed by atoms with Crippen LogP contribution in [0.25, 0.3) is 0 Å². The van der Waals surface area contributed by atoms with Gasteiger partial charge in [0.15, 0.2) is 0 Å². The van der Waals surface area contributed by atoms with E-state index in [1.807, 2.05) is 13.1 Å². The van der Waals surface area contributed by atoms with E-state index < -0.39 is 0 Å². The maximum Gasteiger partial charge on any atom is 0.0641 e. The van der Waals surface area contributed by atoms with Crippen LogP contribution in [0.3, 0.4) is 0 Å². The van der Waals surface area contributed by atoms with Gasteiger partial charge in [-0.3, -0.25) is 4.68 Å². The second kappa shape index (κ2) is 7.28. The molecule has 0 unspecified atom stereocenters. The van der Waals surface area contributed by atoms with Crippen LogP contribution in [0.4, 0.5) is 0 Å². The van der Waals surface area contributed by atoms with Crippen molar-refractivity contribution in [3.63, 3.8) is 0 Å². The van der Waals surface area contributed by atoms with Crippen molar-refractivity contribution in [2.75, 3.05) is 7.05 Å². The molecule has 3 heteroatoms. The average Bonchev–Trinajstić information content (AvgIpc) is 2.57. The van der Waals surface area contributed by atoms with Gasteiger partial charge in [0.05, 0.1) is 5.69 Å². The zero-order valence-electron chi connectivity index (χ0n) is 11.4. The average molecular weight is 235 g/mol. The predicted octanol–water partition coefficient (Wildman–Crippen LogP) is 2.97. The second-order valence-electron chi connectivity index (χ2n) is 4.54. The van der Waals surface area contributed by atoms with Crippen LogP contribution in [-0.4, -0.2) is 16.8 Å². The highest BCUT2D eigenvalue weighted by atomic mass is 15.3. The number of aryl methyl sites for hydroxylation is 2. The molecule has 0 aromatic carbocycles. The normalized spacial score (nSPS) is 10.8. The molecule has 1 rings (SSSR count). The van der Waals surface area contributed by atoms with Crippen molar-refractivity contribution in [2.24, 2.45) is 0 Å². The Labute approximate surface area is 105 Å². The van der Waals surface area contributed by atoms with Crippen molar-refractivity contribution < 1.29 is 0 Å². The molecule has 0 spiro atoms. The van der Waals surface area contributed by atoms with Gasteiger partial charge >= 0.3 is 0 Å². The van der Waals surface area contributed by atoms with Crippen molar-refractivity contribution in [3.8, 4) is 0 Å². The largest absolute Gasteiger partial charge is 0.316 e. The molecule has 0 saturated carbocycles. The summed E-state index contributed by atoms with van der Waals surface area (Å²) in [5, 5.41) is 7.80. The van der Waals surface area contributed by atoms with Gasteiger partial charge in [-0.05, 0) is 40.2 Å². The van der Waals surface area contributed by atoms with Gasteiger partial charge in [-0.1, -0.05) is 12.5 Å². The highest BCUT2D eigenvalue weighted by Crippen LogP contribution is 2.13. The summed E-state index contributed by atoms with van der Waals surface area (Å²) in [7, 11) is 1.98. The van der Waals surface area contributed by atoms with Crippen LogP contribution in [0.5, 0.6) is 0 Å². The zero-order valence-corrected chi connectivity index (χ0v) is 11.4. The molecule has 17 heavy (non-hydrogen) atoms. The van der Waals surface area contributed by atoms with Gasteiger partial charge in [0.1, 0.15) is 0 Å². The fraction of sp³-hybridized carbons (Fsp3) is 0.643. The topological polar surface area (TPSA) is 29.9 Å². The first-order valence-corrected chi connectivity index (χ1v) is 6.49. The number of unbranched alkanes of at least 4 members (excludes halogenated alkanes) is 3. The first kappa shape index (κ1) is 14.0. The van der Waals surface area contributed by atoms with Gasteiger partial charge in [-0.15, -0.1) is 6.58 Å². The first-order valence-electron chi connectivity index (χ1n) is 6.49. The van der Waals surface area contributed by atoms with Crippen LogP contribution in [0.2, 0.25) is 0 Å². The Morgan fingerprint density at radius 3 is 2.71 bits per heavy atom. The van der Waals surface area contributed by atoms with Crippen molar-refractivity contribution in [3.05, 3.63) is 29.6 Å². The third kappa shape index (κ3) is 4.00. The van der Waals surface area contributed by atoms with E-state index in [4.69, 9.17) is 0 Å². The summed E-state index contributed by atoms with van der Waals surface area (Å²) < 4.78 is 2.15. The van der Waals surface area contributed by atoms with Gasteiger partial charge in [0.2, 0.25) is 0 Å². The lowest BCUT2D eigenvalue weighted by molar-refractivity contribution is 0.533. The number of rotatable bonds is 8. The molecule has 1 N–H and O–H groups in total. The zero-order chi connectivity index (χ0) is 12.7. The molecule has 0 amide bonds. The number of nitrogens with one attached hydrogen (secondary N) is 1. The molecule has 0 aliphatic rings. The quantitative estimate of drug-likeness (QED) is 0.554. The van der Waals surface area contributed by atoms with E-state index in [1.165, 1.54) is 30.5 Å². The van der Waals surface area contributed by atoms with E-state index in [2.05, 4.69) is 35.5 Å². The van der Waals surface area contributed by atoms with E-state index in [0.29, 0.717) is 0 Å². The summed E-state index contributed by atoms with van der Waals surface area (Å²) in [5.41, 5.74) is 3.81. The number of hydrogen-bond donors (Lipinski definition) is 1. The first-order chi connectivity index (χ1) is 8.20. The molecule has 1 aromatic rings. The summed E-state index contributed by atoms with van der Waals surface area (Å²) in [5.74, 6) is 0. The maximum absolute atomic E-state index is 4.60. The molecular weight excluding hydrogens is 210 g/mol. The molecule has 0 radical (unpaired) electrons. The molecule has 0 saturated heterocycles. The van der Waals surface area contributed by atoms with Gasteiger partial charge < -0.3 is 5.32 Å². The second-order valence-corrected chi connectivity index (χ2v) is 4.54. The Morgan fingerprint density at radius 2 is 2.06 bits per heavy atom. The summed E-state index contributed by atoms with van der Waals surface area (Å²) >= 11 is 0. The minimum atomic E-state index is 0.911. The Morgan fingerprint density at radius 1 is 1.29 bits per heavy atom. The monoisotopic (exact) mass is 235 g/mol. The highest BCUT2D eigenvalue weighted by Gasteiger charge is 2.09. The van der Waals surface area contributed by atoms with Crippen molar-refractivity contribution in [1.29, 1.82) is 0 Å². The Hall–Kier alpha value is -1.09. The Balaban J connectivity index is 2.48. The fourth-order valence-corrected chi connectivity index (χ4v) is 2.11. The Bertz CT molecular complexity index is 353. The van der Waals surface area contributed by atoms with Gasteiger partial charge in [0.25, 0.3) is 0 Å². The van der Waals surface area contributed by atoms with Crippen LogP contribution < -0.4 is 5.32 Å². The van der Waals surface area contributed by atoms with Gasteiger partial charge in [-0.2, -0.15) is 5.10 Å². The number of nitrogens with zero attached hydrogens (tertiary/aromatic N) is 2. The molecule has 0 bridgehead atoms. The van der Waals surface area contributed by atoms with E-state index in [0.717, 1.165) is 25.2 Å². The molecule has 96 valence electrons. The number of allylic oxidation sites excluding steroid dienone is 1. The maximum atomic E-state index is 4.60. The molecule has 1 aromatic heterocycles. The molecule has 0 aliphatic heterocycles. The van der Waals surface area contributed by atoms with E-state index in [-0.39, 0.29) is 0 Å². The molecule has 0 aliphatic carbocycles. The Kier molecular flexibility index (Phi) is 5.98. The van der Waals surface area contributed by atoms with E-state index >= 15 is 0 Å². The smallest absolute Gasteiger partial charge is 0.0641 e. The fourth-order valence-electron chi connectivity index (χ4n) is 2.11. The number of aromatic nitrogens is 2. The minimum absolute atomic E-state index is 0.911. The third-order valence-electron chi connectivity index (χ3n) is 3.16. The third-order valence-corrected chi connectivity index (χ3v) is 3.16. The van der Waals surface area contributed by atoms with Crippen LogP contribution in [-0.2, 0) is 13.1 Å². The highest BCUT2D eigenvalue weighted by molar-refractivity contribution is 5.24. The predicted molar refractivity (Wildman–Crippen MR) is 73.1 cm³/mol. The van der Waals surface area contributed by atoms with Gasteiger partial charge in [-0.25, -0.2) is 0 Å².